The van der Waals surface area contributed by atoms with Gasteiger partial charge < -0.3 is 15.8 Å². The summed E-state index contributed by atoms with van der Waals surface area (Å²) in [6.45, 7) is 2.35. The van der Waals surface area contributed by atoms with Gasteiger partial charge in [0.05, 0.1) is 12.8 Å². The van der Waals surface area contributed by atoms with Gasteiger partial charge >= 0.3 is 0 Å². The molecule has 3 N–H and O–H groups in total. The smallest absolute Gasteiger partial charge is 0.239 e. The molecule has 1 heterocycles. The number of aryl methyl sites for hydroxylation is 1. The van der Waals surface area contributed by atoms with E-state index >= 15 is 0 Å². The minimum absolute atomic E-state index is 0.0519. The third-order valence-corrected chi connectivity index (χ3v) is 4.00. The summed E-state index contributed by atoms with van der Waals surface area (Å²) in [4.78, 5) is 12.8. The Morgan fingerprint density at radius 2 is 2.31 bits per heavy atom. The summed E-state index contributed by atoms with van der Waals surface area (Å²) < 4.78 is 5.23. The highest BCUT2D eigenvalue weighted by atomic mass is 32.2. The number of amides is 1. The Morgan fingerprint density at radius 1 is 1.56 bits per heavy atom. The van der Waals surface area contributed by atoms with Crippen LogP contribution < -0.4 is 15.8 Å². The van der Waals surface area contributed by atoms with E-state index in [1.165, 1.54) is 11.8 Å². The van der Waals surface area contributed by atoms with Crippen molar-refractivity contribution < 1.29 is 9.53 Å². The van der Waals surface area contributed by atoms with Crippen molar-refractivity contribution in [1.82, 2.24) is 0 Å². The third kappa shape index (κ3) is 1.76. The van der Waals surface area contributed by atoms with Gasteiger partial charge in [-0.1, -0.05) is 6.07 Å². The number of methoxy groups -OCH3 is 1. The molecule has 1 amide bonds. The lowest BCUT2D eigenvalue weighted by Gasteiger charge is -2.25. The van der Waals surface area contributed by atoms with Crippen molar-refractivity contribution in [2.24, 2.45) is 5.73 Å². The number of carbonyl (C=O) groups is 1. The van der Waals surface area contributed by atoms with Gasteiger partial charge in [0.1, 0.15) is 11.0 Å². The second-order valence-electron chi connectivity index (χ2n) is 3.62. The molecule has 0 aliphatic carbocycles. The molecule has 0 fully saturated rings. The summed E-state index contributed by atoms with van der Waals surface area (Å²) in [6.07, 6.45) is 0. The van der Waals surface area contributed by atoms with Crippen LogP contribution in [-0.4, -0.2) is 24.8 Å². The van der Waals surface area contributed by atoms with Gasteiger partial charge in [0, 0.05) is 11.4 Å². The van der Waals surface area contributed by atoms with Crippen molar-refractivity contribution in [2.75, 3.05) is 19.0 Å². The molecule has 4 nitrogen and oxygen atoms in total. The van der Waals surface area contributed by atoms with Gasteiger partial charge in [-0.15, -0.1) is 11.8 Å². The fourth-order valence-corrected chi connectivity index (χ4v) is 2.73. The molecule has 1 aromatic carbocycles. The molecular weight excluding hydrogens is 224 g/mol. The molecule has 1 aliphatic rings. The Bertz CT molecular complexity index is 434. The zero-order valence-electron chi connectivity index (χ0n) is 9.24. The summed E-state index contributed by atoms with van der Waals surface area (Å²) in [5.41, 5.74) is 7.45. The quantitative estimate of drug-likeness (QED) is 0.817. The van der Waals surface area contributed by atoms with Crippen molar-refractivity contribution in [2.45, 2.75) is 17.1 Å². The van der Waals surface area contributed by atoms with Gasteiger partial charge in [-0.25, -0.2) is 0 Å². The predicted molar refractivity (Wildman–Crippen MR) is 65.1 cm³/mol. The summed E-state index contributed by atoms with van der Waals surface area (Å²) in [6, 6.07) is 3.84. The number of nitrogens with two attached hydrogens (primary N) is 1. The fourth-order valence-electron chi connectivity index (χ4n) is 1.66. The third-order valence-electron chi connectivity index (χ3n) is 2.55. The number of hydrogen-bond donors (Lipinski definition) is 2. The molecule has 0 aromatic heterocycles. The second kappa shape index (κ2) is 4.35. The van der Waals surface area contributed by atoms with Crippen LogP contribution >= 0.6 is 11.8 Å². The number of ether oxygens (including phenoxy) is 1. The molecule has 2 rings (SSSR count). The molecule has 16 heavy (non-hydrogen) atoms. The van der Waals surface area contributed by atoms with Crippen LogP contribution in [0.25, 0.3) is 0 Å². The molecule has 0 saturated carbocycles. The van der Waals surface area contributed by atoms with E-state index in [1.807, 2.05) is 19.1 Å². The Hall–Kier alpha value is -1.20. The van der Waals surface area contributed by atoms with Crippen LogP contribution in [0.5, 0.6) is 5.75 Å². The predicted octanol–water partition coefficient (Wildman–Crippen LogP) is 1.38. The van der Waals surface area contributed by atoms with Crippen molar-refractivity contribution in [1.29, 1.82) is 0 Å². The molecule has 0 radical (unpaired) electrons. The van der Waals surface area contributed by atoms with Gasteiger partial charge in [0.25, 0.3) is 0 Å². The topological polar surface area (TPSA) is 64.3 Å². The Morgan fingerprint density at radius 3 is 2.94 bits per heavy atom. The Balaban J connectivity index is 2.48. The normalized spacial score (nSPS) is 18.9. The van der Waals surface area contributed by atoms with Gasteiger partial charge in [-0.05, 0) is 18.6 Å². The second-order valence-corrected chi connectivity index (χ2v) is 4.83. The van der Waals surface area contributed by atoms with E-state index in [0.29, 0.717) is 12.3 Å². The highest BCUT2D eigenvalue weighted by Gasteiger charge is 2.28. The first-order chi connectivity index (χ1) is 7.67. The average Bonchev–Trinajstić information content (AvgIpc) is 2.29. The summed E-state index contributed by atoms with van der Waals surface area (Å²) >= 11 is 1.50. The molecule has 1 atom stereocenters. The molecule has 1 unspecified atom stereocenters. The van der Waals surface area contributed by atoms with Crippen LogP contribution in [0.3, 0.4) is 0 Å². The van der Waals surface area contributed by atoms with Crippen molar-refractivity contribution >= 4 is 23.4 Å². The van der Waals surface area contributed by atoms with E-state index in [0.717, 1.165) is 16.1 Å². The summed E-state index contributed by atoms with van der Waals surface area (Å²) in [5, 5.41) is 2.65. The van der Waals surface area contributed by atoms with E-state index in [4.69, 9.17) is 10.5 Å². The molecule has 5 heteroatoms. The molecule has 0 saturated heterocycles. The number of anilines is 1. The number of fused-ring (bicyclic) bond motifs is 1. The number of hydrogen-bond acceptors (Lipinski definition) is 4. The average molecular weight is 238 g/mol. The maximum Gasteiger partial charge on any atom is 0.239 e. The van der Waals surface area contributed by atoms with Crippen LogP contribution in [0.15, 0.2) is 17.0 Å². The molecule has 0 spiro atoms. The van der Waals surface area contributed by atoms with Crippen molar-refractivity contribution in [3.8, 4) is 5.75 Å². The highest BCUT2D eigenvalue weighted by Crippen LogP contribution is 2.42. The number of benzene rings is 1. The van der Waals surface area contributed by atoms with Gasteiger partial charge in [-0.2, -0.15) is 0 Å². The van der Waals surface area contributed by atoms with E-state index in [1.54, 1.807) is 7.11 Å². The van der Waals surface area contributed by atoms with Gasteiger partial charge in [-0.3, -0.25) is 4.79 Å². The largest absolute Gasteiger partial charge is 0.495 e. The van der Waals surface area contributed by atoms with Gasteiger partial charge in [0.2, 0.25) is 5.91 Å². The van der Waals surface area contributed by atoms with E-state index in [-0.39, 0.29) is 11.2 Å². The molecule has 86 valence electrons. The van der Waals surface area contributed by atoms with E-state index in [2.05, 4.69) is 5.32 Å². The number of rotatable bonds is 2. The number of carbonyl (C=O) groups excluding carboxylic acids is 1. The van der Waals surface area contributed by atoms with Crippen molar-refractivity contribution in [3.63, 3.8) is 0 Å². The molecule has 1 aromatic rings. The lowest BCUT2D eigenvalue weighted by atomic mass is 10.2. The SMILES string of the molecule is COc1ccc(C)c2c1NC(=O)C(CN)S2. The van der Waals surface area contributed by atoms with Crippen LogP contribution in [0.4, 0.5) is 5.69 Å². The maximum atomic E-state index is 11.7. The molecule has 1 aliphatic heterocycles. The minimum Gasteiger partial charge on any atom is -0.495 e. The van der Waals surface area contributed by atoms with Crippen molar-refractivity contribution in [3.05, 3.63) is 17.7 Å². The standard InChI is InChI=1S/C11H14N2O2S/c1-6-3-4-7(15-2)9-10(6)16-8(5-12)11(14)13-9/h3-4,8H,5,12H2,1-2H3,(H,13,14). The summed E-state index contributed by atoms with van der Waals surface area (Å²) in [5.74, 6) is 0.640. The molecular formula is C11H14N2O2S. The van der Waals surface area contributed by atoms with Crippen LogP contribution in [0, 0.1) is 6.92 Å². The van der Waals surface area contributed by atoms with Crippen LogP contribution in [0.2, 0.25) is 0 Å². The Labute approximate surface area is 98.5 Å². The number of thioether (sulfide) groups is 1. The fraction of sp³-hybridized carbons (Fsp3) is 0.364. The monoisotopic (exact) mass is 238 g/mol. The first-order valence-corrected chi connectivity index (χ1v) is 5.90. The van der Waals surface area contributed by atoms with E-state index in [9.17, 15) is 4.79 Å². The van der Waals surface area contributed by atoms with Crippen LogP contribution in [-0.2, 0) is 4.79 Å². The minimum atomic E-state index is -0.210. The Kier molecular flexibility index (Phi) is 3.07. The maximum absolute atomic E-state index is 11.7. The van der Waals surface area contributed by atoms with Crippen LogP contribution in [0.1, 0.15) is 5.56 Å². The molecule has 0 bridgehead atoms. The summed E-state index contributed by atoms with van der Waals surface area (Å²) in [7, 11) is 1.59. The van der Waals surface area contributed by atoms with Gasteiger partial charge in [0.15, 0.2) is 0 Å². The lowest BCUT2D eigenvalue weighted by molar-refractivity contribution is -0.115. The zero-order valence-corrected chi connectivity index (χ0v) is 10.1. The first-order valence-electron chi connectivity index (χ1n) is 5.02. The first kappa shape index (κ1) is 11.3. The highest BCUT2D eigenvalue weighted by molar-refractivity contribution is 8.01. The lowest BCUT2D eigenvalue weighted by Crippen LogP contribution is -2.35. The number of nitrogens with one attached hydrogen (secondary N) is 1. The zero-order chi connectivity index (χ0) is 11.7. The van der Waals surface area contributed by atoms with E-state index < -0.39 is 0 Å².